The Kier molecular flexibility index (Phi) is 10.2. The molecule has 224 valence electrons. The summed E-state index contributed by atoms with van der Waals surface area (Å²) >= 11 is 0. The standard InChI is InChI=1S/C37H46N4.Pt/c1-10-22-24(12-3)32-19-34-26(14-5)28(16-7)36(40-34)21(9)37-29(17-8)27(15-6)35(41-37)20-33-25(13-4)23(11-2)31(39-33)18-30(22)38-32;/h18-20H,10-17H2,1-9H3;/q-2;+2. The van der Waals surface area contributed by atoms with Crippen LogP contribution in [0.4, 0.5) is 0 Å². The van der Waals surface area contributed by atoms with Crippen LogP contribution in [0.25, 0.3) is 44.4 Å². The predicted octanol–water partition coefficient (Wildman–Crippen LogP) is 9.59. The van der Waals surface area contributed by atoms with E-state index >= 15 is 0 Å². The first-order valence-corrected chi connectivity index (χ1v) is 16.0. The van der Waals surface area contributed by atoms with Gasteiger partial charge in [-0.3, -0.25) is 0 Å². The average Bonchev–Trinajstić information content (AvgIpc) is 3.71. The largest absolute Gasteiger partial charge is 2.00 e. The third-order valence-corrected chi connectivity index (χ3v) is 9.19. The molecule has 0 radical (unpaired) electrons. The van der Waals surface area contributed by atoms with E-state index in [0.29, 0.717) is 0 Å². The molecule has 0 N–H and O–H groups in total. The molecule has 0 aromatic carbocycles. The molecule has 8 bridgehead atoms. The number of hydrogen-bond acceptors (Lipinski definition) is 2. The molecule has 0 atom stereocenters. The third kappa shape index (κ3) is 5.19. The van der Waals surface area contributed by atoms with Crippen LogP contribution in [0.3, 0.4) is 0 Å². The van der Waals surface area contributed by atoms with Gasteiger partial charge in [0.2, 0.25) is 0 Å². The quantitative estimate of drug-likeness (QED) is 0.231. The Hall–Kier alpha value is -2.71. The molecule has 0 saturated carbocycles. The molecule has 2 aliphatic rings. The van der Waals surface area contributed by atoms with Gasteiger partial charge in [0, 0.05) is 0 Å². The van der Waals surface area contributed by atoms with Crippen LogP contribution in [-0.4, -0.2) is 9.97 Å². The summed E-state index contributed by atoms with van der Waals surface area (Å²) in [5.74, 6) is 0. The summed E-state index contributed by atoms with van der Waals surface area (Å²) in [4.78, 5) is 21.3. The summed E-state index contributed by atoms with van der Waals surface area (Å²) in [6, 6.07) is 6.76. The van der Waals surface area contributed by atoms with Gasteiger partial charge in [-0.05, 0) is 86.1 Å². The predicted molar refractivity (Wildman–Crippen MR) is 176 cm³/mol. The maximum absolute atomic E-state index is 5.35. The van der Waals surface area contributed by atoms with E-state index in [1.165, 1.54) is 50.1 Å². The Morgan fingerprint density at radius 1 is 0.476 bits per heavy atom. The van der Waals surface area contributed by atoms with E-state index in [2.05, 4.69) is 80.5 Å². The molecule has 0 aliphatic carbocycles. The summed E-state index contributed by atoms with van der Waals surface area (Å²) in [5.41, 5.74) is 20.5. The first-order chi connectivity index (χ1) is 19.9. The van der Waals surface area contributed by atoms with Crippen LogP contribution < -0.4 is 9.97 Å². The van der Waals surface area contributed by atoms with E-state index in [4.69, 9.17) is 19.9 Å². The first kappa shape index (κ1) is 32.2. The van der Waals surface area contributed by atoms with Crippen molar-refractivity contribution in [2.75, 3.05) is 0 Å². The van der Waals surface area contributed by atoms with Crippen LogP contribution in [0, 0.1) is 6.92 Å². The van der Waals surface area contributed by atoms with E-state index in [-0.39, 0.29) is 21.1 Å². The second-order valence-corrected chi connectivity index (χ2v) is 11.2. The van der Waals surface area contributed by atoms with Crippen LogP contribution in [0.15, 0.2) is 18.2 Å². The number of fused-ring (bicyclic) bond motifs is 8. The number of hydrogen-bond donors (Lipinski definition) is 0. The molecule has 0 saturated heterocycles. The van der Waals surface area contributed by atoms with Gasteiger partial charge in [-0.15, -0.1) is 22.1 Å². The van der Waals surface area contributed by atoms with Gasteiger partial charge in [0.05, 0.1) is 22.8 Å². The van der Waals surface area contributed by atoms with Gasteiger partial charge in [0.1, 0.15) is 0 Å². The molecule has 42 heavy (non-hydrogen) atoms. The Morgan fingerprint density at radius 3 is 1.29 bits per heavy atom. The second kappa shape index (κ2) is 13.3. The van der Waals surface area contributed by atoms with Crippen molar-refractivity contribution in [2.24, 2.45) is 0 Å². The van der Waals surface area contributed by atoms with Crippen molar-refractivity contribution < 1.29 is 21.1 Å². The topological polar surface area (TPSA) is 54.0 Å². The Labute approximate surface area is 266 Å². The van der Waals surface area contributed by atoms with Crippen LogP contribution in [0.2, 0.25) is 0 Å². The monoisotopic (exact) mass is 741 g/mol. The molecule has 2 aliphatic heterocycles. The van der Waals surface area contributed by atoms with E-state index in [0.717, 1.165) is 96.2 Å². The third-order valence-electron chi connectivity index (χ3n) is 9.19. The van der Waals surface area contributed by atoms with Gasteiger partial charge in [-0.2, -0.15) is 0 Å². The van der Waals surface area contributed by atoms with Gasteiger partial charge in [0.15, 0.2) is 0 Å². The summed E-state index contributed by atoms with van der Waals surface area (Å²) in [7, 11) is 0. The molecule has 3 aromatic heterocycles. The van der Waals surface area contributed by atoms with Crippen molar-refractivity contribution in [3.05, 3.63) is 68.8 Å². The normalized spacial score (nSPS) is 13.3. The minimum atomic E-state index is 0. The number of nitrogens with zero attached hydrogens (tertiary/aromatic N) is 4. The fourth-order valence-corrected chi connectivity index (χ4v) is 7.22. The van der Waals surface area contributed by atoms with E-state index < -0.39 is 0 Å². The van der Waals surface area contributed by atoms with Crippen molar-refractivity contribution >= 4 is 44.4 Å². The number of rotatable bonds is 8. The average molecular weight is 742 g/mol. The molecular formula is C37H46N4Pt. The van der Waals surface area contributed by atoms with Crippen LogP contribution in [0.5, 0.6) is 0 Å². The molecule has 0 spiro atoms. The van der Waals surface area contributed by atoms with E-state index in [1.807, 2.05) is 0 Å². The molecule has 4 nitrogen and oxygen atoms in total. The fraction of sp³-hybridized carbons (Fsp3) is 0.459. The van der Waals surface area contributed by atoms with Crippen molar-refractivity contribution in [2.45, 2.75) is 114 Å². The minimum absolute atomic E-state index is 0. The molecule has 5 heteroatoms. The zero-order chi connectivity index (χ0) is 29.4. The summed E-state index contributed by atoms with van der Waals surface area (Å²) in [5, 5.41) is 0. The smallest absolute Gasteiger partial charge is 0.657 e. The van der Waals surface area contributed by atoms with E-state index in [1.54, 1.807) is 0 Å². The fourth-order valence-electron chi connectivity index (χ4n) is 7.22. The molecular weight excluding hydrogens is 696 g/mol. The van der Waals surface area contributed by atoms with Gasteiger partial charge < -0.3 is 9.97 Å². The summed E-state index contributed by atoms with van der Waals surface area (Å²) in [6.07, 6.45) is 7.60. The van der Waals surface area contributed by atoms with Gasteiger partial charge >= 0.3 is 21.1 Å². The minimum Gasteiger partial charge on any atom is -0.657 e. The first-order valence-electron chi connectivity index (χ1n) is 16.0. The van der Waals surface area contributed by atoms with Crippen molar-refractivity contribution in [3.63, 3.8) is 0 Å². The summed E-state index contributed by atoms with van der Waals surface area (Å²) in [6.45, 7) is 20.2. The maximum Gasteiger partial charge on any atom is 2.00 e. The van der Waals surface area contributed by atoms with E-state index in [9.17, 15) is 0 Å². The van der Waals surface area contributed by atoms with Gasteiger partial charge in [-0.25, -0.2) is 9.97 Å². The maximum atomic E-state index is 5.35. The van der Waals surface area contributed by atoms with Crippen LogP contribution >= 0.6 is 0 Å². The zero-order valence-electron chi connectivity index (χ0n) is 27.0. The van der Waals surface area contributed by atoms with Crippen molar-refractivity contribution in [1.82, 2.24) is 19.9 Å². The molecule has 0 amide bonds. The molecule has 0 fully saturated rings. The Bertz CT molecular complexity index is 1730. The van der Waals surface area contributed by atoms with Gasteiger partial charge in [0.25, 0.3) is 0 Å². The molecule has 3 aromatic rings. The van der Waals surface area contributed by atoms with Crippen LogP contribution in [0.1, 0.15) is 132 Å². The van der Waals surface area contributed by atoms with Crippen molar-refractivity contribution in [1.29, 1.82) is 0 Å². The second-order valence-electron chi connectivity index (χ2n) is 11.2. The van der Waals surface area contributed by atoms with Gasteiger partial charge in [-0.1, -0.05) is 95.8 Å². The van der Waals surface area contributed by atoms with Crippen molar-refractivity contribution in [3.8, 4) is 0 Å². The SMILES string of the molecule is CCC1=C(CC)c2cc3[n-]c(c(C)c4nc(cc5[n-]c(cc1n2)c(CC)c5CC)C(CC)=C4CC)c(CC)c3CC.[Pt+2]. The molecule has 5 rings (SSSR count). The van der Waals surface area contributed by atoms with Crippen LogP contribution in [-0.2, 0) is 46.7 Å². The number of allylic oxidation sites excluding steroid dienone is 4. The zero-order valence-corrected chi connectivity index (χ0v) is 29.3. The Morgan fingerprint density at radius 2 is 0.857 bits per heavy atom. The summed E-state index contributed by atoms with van der Waals surface area (Å²) < 4.78 is 0. The number of aromatic nitrogens is 4. The molecule has 5 heterocycles. The molecule has 0 unspecified atom stereocenters. The Balaban J connectivity index is 0.00000405. The number of aryl methyl sites for hydroxylation is 5.